The number of carbonyl (C=O) groups is 1. The van der Waals surface area contributed by atoms with Crippen LogP contribution in [0.5, 0.6) is 0 Å². The quantitative estimate of drug-likeness (QED) is 0.663. The number of rotatable bonds is 4. The molecule has 0 atom stereocenters. The lowest BCUT2D eigenvalue weighted by Crippen LogP contribution is -2.50. The normalized spacial score (nSPS) is 14.1. The second-order valence-electron chi connectivity index (χ2n) is 7.06. The zero-order valence-corrected chi connectivity index (χ0v) is 16.2. The van der Waals surface area contributed by atoms with Crippen LogP contribution in [0, 0.1) is 11.6 Å². The highest BCUT2D eigenvalue weighted by atomic mass is 19.1. The summed E-state index contributed by atoms with van der Waals surface area (Å²) in [6.07, 6.45) is 1.27. The van der Waals surface area contributed by atoms with Gasteiger partial charge in [0.2, 0.25) is 5.91 Å². The van der Waals surface area contributed by atoms with Crippen molar-refractivity contribution < 1.29 is 13.6 Å². The van der Waals surface area contributed by atoms with Gasteiger partial charge in [0, 0.05) is 43.5 Å². The molecule has 154 valence electrons. The fourth-order valence-corrected chi connectivity index (χ4v) is 3.47. The van der Waals surface area contributed by atoms with Crippen molar-refractivity contribution in [3.63, 3.8) is 0 Å². The molecule has 1 aliphatic rings. The monoisotopic (exact) mass is 410 g/mol. The van der Waals surface area contributed by atoms with Gasteiger partial charge in [-0.05, 0) is 36.4 Å². The van der Waals surface area contributed by atoms with Crippen molar-refractivity contribution in [2.75, 3.05) is 31.1 Å². The smallest absolute Gasteiger partial charge is 0.254 e. The second-order valence-corrected chi connectivity index (χ2v) is 7.06. The summed E-state index contributed by atoms with van der Waals surface area (Å²) >= 11 is 0. The number of aromatic nitrogens is 2. The molecule has 0 N–H and O–H groups in total. The standard InChI is InChI=1S/C22H20F2N4O2/c23-16-5-7-17(8-6-16)26-9-11-27(12-10-26)22(30)14-28-15-25-20(13-21(28)29)18-3-1-2-4-19(18)24/h1-8,13,15H,9-12,14H2. The number of piperazine rings is 1. The highest BCUT2D eigenvalue weighted by Gasteiger charge is 2.22. The van der Waals surface area contributed by atoms with Gasteiger partial charge in [0.15, 0.2) is 0 Å². The molecule has 0 radical (unpaired) electrons. The molecule has 2 heterocycles. The number of hydrogen-bond donors (Lipinski definition) is 0. The van der Waals surface area contributed by atoms with Gasteiger partial charge >= 0.3 is 0 Å². The summed E-state index contributed by atoms with van der Waals surface area (Å²) in [6.45, 7) is 2.13. The lowest BCUT2D eigenvalue weighted by molar-refractivity contribution is -0.132. The van der Waals surface area contributed by atoms with Crippen LogP contribution in [0.4, 0.5) is 14.5 Å². The van der Waals surface area contributed by atoms with Crippen LogP contribution in [0.25, 0.3) is 11.3 Å². The summed E-state index contributed by atoms with van der Waals surface area (Å²) in [5, 5.41) is 0. The summed E-state index contributed by atoms with van der Waals surface area (Å²) < 4.78 is 28.2. The fourth-order valence-electron chi connectivity index (χ4n) is 3.47. The molecule has 1 saturated heterocycles. The molecule has 0 saturated carbocycles. The fraction of sp³-hybridized carbons (Fsp3) is 0.227. The van der Waals surface area contributed by atoms with E-state index in [4.69, 9.17) is 0 Å². The summed E-state index contributed by atoms with van der Waals surface area (Å²) in [4.78, 5) is 32.9. The van der Waals surface area contributed by atoms with Crippen molar-refractivity contribution in [3.8, 4) is 11.3 Å². The van der Waals surface area contributed by atoms with Crippen LogP contribution in [0.15, 0.2) is 65.7 Å². The molecule has 1 aliphatic heterocycles. The van der Waals surface area contributed by atoms with Gasteiger partial charge in [0.05, 0.1) is 12.0 Å². The van der Waals surface area contributed by atoms with Crippen molar-refractivity contribution in [1.29, 1.82) is 0 Å². The molecule has 30 heavy (non-hydrogen) atoms. The molecule has 4 rings (SSSR count). The number of halogens is 2. The minimum absolute atomic E-state index is 0.125. The first-order valence-corrected chi connectivity index (χ1v) is 9.61. The maximum Gasteiger partial charge on any atom is 0.254 e. The SMILES string of the molecule is O=C(Cn1cnc(-c2ccccc2F)cc1=O)N1CCN(c2ccc(F)cc2)CC1. The number of benzene rings is 2. The Morgan fingerprint density at radius 1 is 0.967 bits per heavy atom. The molecule has 0 bridgehead atoms. The van der Waals surface area contributed by atoms with Gasteiger partial charge in [-0.15, -0.1) is 0 Å². The molecule has 1 aromatic heterocycles. The first kappa shape index (κ1) is 19.8. The molecule has 3 aromatic rings. The highest BCUT2D eigenvalue weighted by Crippen LogP contribution is 2.19. The van der Waals surface area contributed by atoms with Crippen LogP contribution in [0.1, 0.15) is 0 Å². The van der Waals surface area contributed by atoms with Gasteiger partial charge in [-0.2, -0.15) is 0 Å². The van der Waals surface area contributed by atoms with E-state index in [1.807, 2.05) is 0 Å². The van der Waals surface area contributed by atoms with Crippen LogP contribution in [-0.2, 0) is 11.3 Å². The third-order valence-electron chi connectivity index (χ3n) is 5.16. The Bertz CT molecular complexity index is 1110. The van der Waals surface area contributed by atoms with Gasteiger partial charge in [0.25, 0.3) is 5.56 Å². The maximum absolute atomic E-state index is 13.9. The zero-order chi connectivity index (χ0) is 21.1. The van der Waals surface area contributed by atoms with Crippen molar-refractivity contribution in [1.82, 2.24) is 14.5 Å². The van der Waals surface area contributed by atoms with E-state index in [2.05, 4.69) is 9.88 Å². The molecule has 1 amide bonds. The van der Waals surface area contributed by atoms with Crippen molar-refractivity contribution in [2.24, 2.45) is 0 Å². The number of carbonyl (C=O) groups excluding carboxylic acids is 1. The van der Waals surface area contributed by atoms with E-state index >= 15 is 0 Å². The van der Waals surface area contributed by atoms with Gasteiger partial charge in [-0.1, -0.05) is 12.1 Å². The van der Waals surface area contributed by atoms with Gasteiger partial charge in [0.1, 0.15) is 18.2 Å². The van der Waals surface area contributed by atoms with Crippen molar-refractivity contribution in [3.05, 3.63) is 82.9 Å². The predicted octanol–water partition coefficient (Wildman–Crippen LogP) is 2.54. The molecular formula is C22H20F2N4O2. The van der Waals surface area contributed by atoms with E-state index in [9.17, 15) is 18.4 Å². The third kappa shape index (κ3) is 4.22. The van der Waals surface area contributed by atoms with Gasteiger partial charge in [-0.3, -0.25) is 14.2 Å². The zero-order valence-electron chi connectivity index (χ0n) is 16.2. The van der Waals surface area contributed by atoms with Crippen LogP contribution < -0.4 is 10.5 Å². The van der Waals surface area contributed by atoms with Crippen molar-refractivity contribution >= 4 is 11.6 Å². The predicted molar refractivity (Wildman–Crippen MR) is 109 cm³/mol. The number of anilines is 1. The molecule has 8 heteroatoms. The minimum Gasteiger partial charge on any atom is -0.368 e. The Balaban J connectivity index is 1.39. The Kier molecular flexibility index (Phi) is 5.56. The van der Waals surface area contributed by atoms with Crippen LogP contribution in [0.3, 0.4) is 0 Å². The summed E-state index contributed by atoms with van der Waals surface area (Å²) in [6, 6.07) is 13.6. The largest absolute Gasteiger partial charge is 0.368 e. The average Bonchev–Trinajstić information content (AvgIpc) is 2.76. The second kappa shape index (κ2) is 8.44. The van der Waals surface area contributed by atoms with E-state index in [1.165, 1.54) is 35.2 Å². The number of nitrogens with zero attached hydrogens (tertiary/aromatic N) is 4. The van der Waals surface area contributed by atoms with Crippen LogP contribution >= 0.6 is 0 Å². The van der Waals surface area contributed by atoms with E-state index in [0.29, 0.717) is 26.2 Å². The third-order valence-corrected chi connectivity index (χ3v) is 5.16. The average molecular weight is 410 g/mol. The minimum atomic E-state index is -0.461. The molecule has 0 spiro atoms. The maximum atomic E-state index is 13.9. The van der Waals surface area contributed by atoms with Gasteiger partial charge in [-0.25, -0.2) is 13.8 Å². The lowest BCUT2D eigenvalue weighted by Gasteiger charge is -2.36. The summed E-state index contributed by atoms with van der Waals surface area (Å²) in [5.41, 5.74) is 0.967. The Labute approximate surface area is 172 Å². The number of amides is 1. The molecule has 6 nitrogen and oxygen atoms in total. The Hall–Kier alpha value is -3.55. The van der Waals surface area contributed by atoms with Crippen LogP contribution in [-0.4, -0.2) is 46.5 Å². The first-order chi connectivity index (χ1) is 14.5. The Morgan fingerprint density at radius 2 is 1.67 bits per heavy atom. The highest BCUT2D eigenvalue weighted by molar-refractivity contribution is 5.76. The van der Waals surface area contributed by atoms with Gasteiger partial charge < -0.3 is 9.80 Å². The van der Waals surface area contributed by atoms with E-state index in [-0.39, 0.29) is 29.5 Å². The van der Waals surface area contributed by atoms with Crippen molar-refractivity contribution in [2.45, 2.75) is 6.54 Å². The van der Waals surface area contributed by atoms with E-state index in [1.54, 1.807) is 35.2 Å². The molecule has 1 fully saturated rings. The van der Waals surface area contributed by atoms with Crippen LogP contribution in [0.2, 0.25) is 0 Å². The lowest BCUT2D eigenvalue weighted by atomic mass is 10.1. The Morgan fingerprint density at radius 3 is 2.33 bits per heavy atom. The van der Waals surface area contributed by atoms with E-state index < -0.39 is 11.4 Å². The van der Waals surface area contributed by atoms with E-state index in [0.717, 1.165) is 5.69 Å². The first-order valence-electron chi connectivity index (χ1n) is 9.61. The number of hydrogen-bond acceptors (Lipinski definition) is 4. The molecule has 0 unspecified atom stereocenters. The summed E-state index contributed by atoms with van der Waals surface area (Å²) in [7, 11) is 0. The molecule has 2 aromatic carbocycles. The summed E-state index contributed by atoms with van der Waals surface area (Å²) in [5.74, 6) is -0.929. The topological polar surface area (TPSA) is 58.4 Å². The molecule has 0 aliphatic carbocycles. The molecular weight excluding hydrogens is 390 g/mol.